The largest absolute Gasteiger partial charge is 0.464 e. The summed E-state index contributed by atoms with van der Waals surface area (Å²) in [5.41, 5.74) is 20.7. The molecular weight excluding hydrogens is 1000 g/mol. The van der Waals surface area contributed by atoms with Crippen molar-refractivity contribution in [3.05, 3.63) is 304 Å². The monoisotopic (exact) mass is 1050 g/mol. The molecule has 0 aliphatic heterocycles. The van der Waals surface area contributed by atoms with Crippen molar-refractivity contribution in [2.24, 2.45) is 0 Å². The Kier molecular flexibility index (Phi) is 11.1. The molecule has 0 N–H and O–H groups in total. The van der Waals surface area contributed by atoms with E-state index in [0.29, 0.717) is 0 Å². The molecule has 0 amide bonds. The first-order chi connectivity index (χ1) is 40.7. The molecule has 82 heavy (non-hydrogen) atoms. The molecule has 0 bridgehead atoms. The normalized spacial score (nSPS) is 11.7. The molecule has 0 aliphatic carbocycles. The molecule has 0 spiro atoms. The fraction of sp³-hybridized carbons (Fsp3) is 0. The predicted octanol–water partition coefficient (Wildman–Crippen LogP) is 21.3. The number of hydrogen-bond donors (Lipinski definition) is 0. The van der Waals surface area contributed by atoms with E-state index >= 15 is 0 Å². The van der Waals surface area contributed by atoms with Gasteiger partial charge in [0.25, 0.3) is 0 Å². The van der Waals surface area contributed by atoms with Crippen molar-refractivity contribution in [1.82, 2.24) is 9.13 Å². The molecule has 0 fully saturated rings. The van der Waals surface area contributed by atoms with Crippen LogP contribution >= 0.6 is 0 Å². The minimum Gasteiger partial charge on any atom is -0.464 e. The lowest BCUT2D eigenvalue weighted by atomic mass is 9.96. The zero-order valence-electron chi connectivity index (χ0n) is 44.5. The number of anilines is 6. The van der Waals surface area contributed by atoms with Gasteiger partial charge >= 0.3 is 0 Å². The molecule has 0 unspecified atom stereocenters. The maximum atomic E-state index is 6.83. The van der Waals surface area contributed by atoms with Crippen LogP contribution in [0.25, 0.3) is 110 Å². The van der Waals surface area contributed by atoms with Crippen LogP contribution in [0.3, 0.4) is 0 Å². The van der Waals surface area contributed by atoms with E-state index in [9.17, 15) is 0 Å². The lowest BCUT2D eigenvalue weighted by Crippen LogP contribution is -2.11. The highest BCUT2D eigenvalue weighted by molar-refractivity contribution is 6.20. The number of benzene rings is 12. The smallest absolute Gasteiger partial charge is 0.159 e. The van der Waals surface area contributed by atoms with E-state index in [1.807, 2.05) is 12.5 Å². The van der Waals surface area contributed by atoms with Crippen LogP contribution in [0.2, 0.25) is 0 Å². The van der Waals surface area contributed by atoms with Gasteiger partial charge in [0.15, 0.2) is 5.58 Å². The van der Waals surface area contributed by atoms with E-state index in [1.54, 1.807) is 0 Å². The third kappa shape index (κ3) is 7.72. The van der Waals surface area contributed by atoms with Crippen LogP contribution in [0.15, 0.2) is 313 Å². The first kappa shape index (κ1) is 47.0. The van der Waals surface area contributed by atoms with E-state index in [1.165, 1.54) is 16.2 Å². The minimum absolute atomic E-state index is 0.749. The zero-order valence-corrected chi connectivity index (χ0v) is 44.5. The van der Waals surface area contributed by atoms with Crippen molar-refractivity contribution < 1.29 is 8.83 Å². The van der Waals surface area contributed by atoms with Crippen molar-refractivity contribution >= 4 is 99.7 Å². The lowest BCUT2D eigenvalue weighted by Gasteiger charge is -2.28. The van der Waals surface area contributed by atoms with Crippen molar-refractivity contribution in [2.45, 2.75) is 0 Å². The van der Waals surface area contributed by atoms with Gasteiger partial charge in [-0.1, -0.05) is 170 Å². The van der Waals surface area contributed by atoms with Gasteiger partial charge in [-0.15, -0.1) is 0 Å². The van der Waals surface area contributed by atoms with Crippen LogP contribution in [0.5, 0.6) is 0 Å². The maximum Gasteiger partial charge on any atom is 0.159 e. The number of aromatic nitrogens is 2. The number of para-hydroxylation sites is 4. The summed E-state index contributed by atoms with van der Waals surface area (Å²) < 4.78 is 18.4. The summed E-state index contributed by atoms with van der Waals surface area (Å²) in [7, 11) is 0. The molecule has 16 rings (SSSR count). The van der Waals surface area contributed by atoms with Crippen LogP contribution in [0.1, 0.15) is 0 Å². The lowest BCUT2D eigenvalue weighted by molar-refractivity contribution is 0.613. The van der Waals surface area contributed by atoms with Gasteiger partial charge in [-0.25, -0.2) is 0 Å². The van der Waals surface area contributed by atoms with Gasteiger partial charge in [-0.3, -0.25) is 0 Å². The Morgan fingerprint density at radius 2 is 0.634 bits per heavy atom. The average molecular weight is 1050 g/mol. The van der Waals surface area contributed by atoms with Crippen molar-refractivity contribution in [1.29, 1.82) is 0 Å². The minimum atomic E-state index is 0.749. The molecule has 0 aliphatic rings. The molecule has 0 saturated heterocycles. The van der Waals surface area contributed by atoms with Crippen LogP contribution in [-0.4, -0.2) is 9.13 Å². The molecular formula is C76H50N4O2. The number of rotatable bonds is 11. The predicted molar refractivity (Wildman–Crippen MR) is 340 cm³/mol. The van der Waals surface area contributed by atoms with Crippen molar-refractivity contribution in [3.8, 4) is 44.8 Å². The fourth-order valence-corrected chi connectivity index (χ4v) is 12.6. The van der Waals surface area contributed by atoms with E-state index in [4.69, 9.17) is 8.83 Å². The van der Waals surface area contributed by atoms with Gasteiger partial charge in [-0.2, -0.15) is 0 Å². The summed E-state index contributed by atoms with van der Waals surface area (Å²) in [6.07, 6.45) is 3.64. The summed E-state index contributed by atoms with van der Waals surface area (Å²) in [5.74, 6) is 0. The Bertz CT molecular complexity index is 5000. The molecule has 386 valence electrons. The average Bonchev–Trinajstić information content (AvgIpc) is 4.50. The second-order valence-electron chi connectivity index (χ2n) is 20.9. The van der Waals surface area contributed by atoms with Gasteiger partial charge in [0.2, 0.25) is 0 Å². The summed E-state index contributed by atoms with van der Waals surface area (Å²) >= 11 is 0. The summed E-state index contributed by atoms with van der Waals surface area (Å²) in [4.78, 5) is 4.74. The number of furan rings is 2. The van der Waals surface area contributed by atoms with Gasteiger partial charge in [-0.05, 0) is 149 Å². The van der Waals surface area contributed by atoms with Crippen LogP contribution in [-0.2, 0) is 0 Å². The molecule has 16 aromatic rings. The Balaban J connectivity index is 0.897. The number of fused-ring (bicyclic) bond motifs is 8. The van der Waals surface area contributed by atoms with Crippen molar-refractivity contribution in [3.63, 3.8) is 0 Å². The Morgan fingerprint density at radius 1 is 0.244 bits per heavy atom. The SMILES string of the molecule is c1ccc(-c2cccc(N(c3cccc(-c4c5ccoc5c(N(c5cccc(-c6ccccc6)c5)c5ccc6c(c5)c5ccccc5n6-c5ccccc5)c5ccoc45)c3)c3ccc4c(c3)c3ccccc3n4-c3ccccc3)c2)cc1. The summed E-state index contributed by atoms with van der Waals surface area (Å²) in [5, 5.41) is 6.55. The molecule has 0 radical (unpaired) electrons. The summed E-state index contributed by atoms with van der Waals surface area (Å²) in [6, 6.07) is 104. The first-order valence-corrected chi connectivity index (χ1v) is 27.8. The van der Waals surface area contributed by atoms with E-state index in [2.05, 4.69) is 310 Å². The van der Waals surface area contributed by atoms with Gasteiger partial charge < -0.3 is 27.8 Å². The van der Waals surface area contributed by atoms with Crippen LogP contribution in [0, 0.1) is 0 Å². The fourth-order valence-electron chi connectivity index (χ4n) is 12.6. The van der Waals surface area contributed by atoms with Crippen LogP contribution in [0.4, 0.5) is 34.1 Å². The maximum absolute atomic E-state index is 6.83. The van der Waals surface area contributed by atoms with E-state index in [0.717, 1.165) is 128 Å². The van der Waals surface area contributed by atoms with Gasteiger partial charge in [0.05, 0.1) is 34.6 Å². The molecule has 0 saturated carbocycles. The van der Waals surface area contributed by atoms with E-state index < -0.39 is 0 Å². The quantitative estimate of drug-likeness (QED) is 0.129. The molecule has 12 aromatic carbocycles. The Morgan fingerprint density at radius 3 is 1.17 bits per heavy atom. The zero-order chi connectivity index (χ0) is 54.1. The topological polar surface area (TPSA) is 42.6 Å². The Labute approximate surface area is 473 Å². The number of hydrogen-bond acceptors (Lipinski definition) is 4. The highest BCUT2D eigenvalue weighted by Gasteiger charge is 2.28. The van der Waals surface area contributed by atoms with Gasteiger partial charge in [0.1, 0.15) is 11.3 Å². The first-order valence-electron chi connectivity index (χ1n) is 27.8. The Hall–Kier alpha value is -11.1. The number of nitrogens with zero attached hydrogens (tertiary/aromatic N) is 4. The standard InChI is InChI=1S/C76H50N4O2/c1-5-20-51(21-6-1)53-24-17-31-58(46-53)77(61-38-40-71-67(49-61)63-34-13-15-36-69(63)79(71)56-27-9-3-10-28-56)59-32-19-26-55(48-59)73-65-42-44-82-76(65)74(66-43-45-81-75(66)73)78(60-33-18-25-54(47-60)52-22-7-2-8-23-52)62-39-41-72-68(50-62)64-35-14-16-37-70(64)80(72)57-29-11-4-12-30-57/h1-50H. The highest BCUT2D eigenvalue weighted by Crippen LogP contribution is 2.51. The summed E-state index contributed by atoms with van der Waals surface area (Å²) in [6.45, 7) is 0. The molecule has 6 heteroatoms. The molecule has 4 aromatic heterocycles. The van der Waals surface area contributed by atoms with Crippen molar-refractivity contribution in [2.75, 3.05) is 9.80 Å². The van der Waals surface area contributed by atoms with Crippen LogP contribution < -0.4 is 9.80 Å². The van der Waals surface area contributed by atoms with E-state index in [-0.39, 0.29) is 0 Å². The molecule has 4 heterocycles. The molecule has 0 atom stereocenters. The third-order valence-electron chi connectivity index (χ3n) is 16.2. The molecule has 6 nitrogen and oxygen atoms in total. The second kappa shape index (κ2) is 19.4. The second-order valence-corrected chi connectivity index (χ2v) is 20.9. The highest BCUT2D eigenvalue weighted by atomic mass is 16.3. The third-order valence-corrected chi connectivity index (χ3v) is 16.2. The van der Waals surface area contributed by atoms with Gasteiger partial charge in [0, 0.05) is 77.7 Å².